The Balaban J connectivity index is 2.90. The zero-order valence-corrected chi connectivity index (χ0v) is 11.5. The van der Waals surface area contributed by atoms with Crippen molar-refractivity contribution < 1.29 is 9.47 Å². The van der Waals surface area contributed by atoms with Crippen molar-refractivity contribution in [2.24, 2.45) is 0 Å². The molecule has 0 heterocycles. The molecule has 0 amide bonds. The first kappa shape index (κ1) is 14.0. The lowest BCUT2D eigenvalue weighted by Gasteiger charge is -2.21. The van der Waals surface area contributed by atoms with Gasteiger partial charge in [0.25, 0.3) is 0 Å². The van der Waals surface area contributed by atoms with E-state index < -0.39 is 0 Å². The molecule has 0 unspecified atom stereocenters. The summed E-state index contributed by atoms with van der Waals surface area (Å²) in [7, 11) is 3.38. The number of hydrogen-bond donors (Lipinski definition) is 1. The minimum absolute atomic E-state index is 0.155. The lowest BCUT2D eigenvalue weighted by Crippen LogP contribution is -2.18. The average molecular weight is 237 g/mol. The molecule has 1 rings (SSSR count). The van der Waals surface area contributed by atoms with Gasteiger partial charge in [-0.2, -0.15) is 0 Å². The van der Waals surface area contributed by atoms with E-state index in [-0.39, 0.29) is 5.41 Å². The molecule has 0 spiro atoms. The van der Waals surface area contributed by atoms with Crippen molar-refractivity contribution in [3.63, 3.8) is 0 Å². The second-order valence-corrected chi connectivity index (χ2v) is 5.14. The molecule has 0 fully saturated rings. The van der Waals surface area contributed by atoms with Gasteiger partial charge in [-0.1, -0.05) is 32.9 Å². The lowest BCUT2D eigenvalue weighted by atomic mass is 9.86. The molecule has 1 N–H and O–H groups in total. The smallest absolute Gasteiger partial charge is 0.123 e. The Kier molecular flexibility index (Phi) is 4.97. The van der Waals surface area contributed by atoms with Gasteiger partial charge in [0, 0.05) is 19.2 Å². The van der Waals surface area contributed by atoms with Gasteiger partial charge in [-0.3, -0.25) is 5.32 Å². The van der Waals surface area contributed by atoms with Crippen LogP contribution in [0.4, 0.5) is 0 Å². The van der Waals surface area contributed by atoms with E-state index in [4.69, 9.17) is 9.47 Å². The van der Waals surface area contributed by atoms with Crippen LogP contribution in [0.1, 0.15) is 31.9 Å². The van der Waals surface area contributed by atoms with Crippen molar-refractivity contribution in [3.8, 4) is 5.75 Å². The maximum Gasteiger partial charge on any atom is 0.123 e. The Bertz CT molecular complexity index is 356. The first-order chi connectivity index (χ1) is 7.99. The Morgan fingerprint density at radius 1 is 1.18 bits per heavy atom. The summed E-state index contributed by atoms with van der Waals surface area (Å²) in [6.45, 7) is 7.92. The Hall–Kier alpha value is -1.06. The van der Waals surface area contributed by atoms with Crippen molar-refractivity contribution in [2.45, 2.75) is 32.7 Å². The summed E-state index contributed by atoms with van der Waals surface area (Å²) in [5.41, 5.74) is 2.63. The maximum absolute atomic E-state index is 5.36. The summed E-state index contributed by atoms with van der Waals surface area (Å²) >= 11 is 0. The molecule has 0 aromatic heterocycles. The quantitative estimate of drug-likeness (QED) is 0.631. The van der Waals surface area contributed by atoms with Crippen LogP contribution in [0, 0.1) is 0 Å². The van der Waals surface area contributed by atoms with Crippen molar-refractivity contribution in [1.82, 2.24) is 5.32 Å². The maximum atomic E-state index is 5.36. The molecule has 0 radical (unpaired) electrons. The standard InChI is InChI=1S/C14H23NO2/c1-14(2,3)12-6-7-13(17-5)11(8-12)9-15-10-16-4/h6-8,15H,9-10H2,1-5H3. The van der Waals surface area contributed by atoms with Crippen LogP contribution in [0.2, 0.25) is 0 Å². The minimum Gasteiger partial charge on any atom is -0.496 e. The zero-order valence-electron chi connectivity index (χ0n) is 11.5. The van der Waals surface area contributed by atoms with Crippen LogP contribution >= 0.6 is 0 Å². The van der Waals surface area contributed by atoms with Gasteiger partial charge in [0.1, 0.15) is 5.75 Å². The van der Waals surface area contributed by atoms with E-state index in [2.05, 4.69) is 38.2 Å². The number of methoxy groups -OCH3 is 2. The number of benzene rings is 1. The largest absolute Gasteiger partial charge is 0.496 e. The molecule has 17 heavy (non-hydrogen) atoms. The van der Waals surface area contributed by atoms with Crippen LogP contribution in [0.5, 0.6) is 5.75 Å². The van der Waals surface area contributed by atoms with E-state index in [1.54, 1.807) is 14.2 Å². The Labute approximate surface area is 104 Å². The summed E-state index contributed by atoms with van der Waals surface area (Å²) < 4.78 is 10.3. The highest BCUT2D eigenvalue weighted by molar-refractivity contribution is 5.39. The first-order valence-corrected chi connectivity index (χ1v) is 5.86. The number of hydrogen-bond acceptors (Lipinski definition) is 3. The number of ether oxygens (including phenoxy) is 2. The van der Waals surface area contributed by atoms with Crippen molar-refractivity contribution in [3.05, 3.63) is 29.3 Å². The molecule has 0 aliphatic heterocycles. The molecular weight excluding hydrogens is 214 g/mol. The fraction of sp³-hybridized carbons (Fsp3) is 0.571. The van der Waals surface area contributed by atoms with Crippen molar-refractivity contribution in [1.29, 1.82) is 0 Å². The van der Waals surface area contributed by atoms with Gasteiger partial charge < -0.3 is 9.47 Å². The third-order valence-corrected chi connectivity index (χ3v) is 2.71. The van der Waals surface area contributed by atoms with E-state index >= 15 is 0 Å². The van der Waals surface area contributed by atoms with E-state index in [1.165, 1.54) is 5.56 Å². The fourth-order valence-corrected chi connectivity index (χ4v) is 1.67. The molecule has 0 saturated carbocycles. The number of nitrogens with one attached hydrogen (secondary N) is 1. The summed E-state index contributed by atoms with van der Waals surface area (Å²) in [6.07, 6.45) is 0. The van der Waals surface area contributed by atoms with Crippen LogP contribution in [0.15, 0.2) is 18.2 Å². The van der Waals surface area contributed by atoms with Gasteiger partial charge in [0.05, 0.1) is 13.8 Å². The summed E-state index contributed by atoms with van der Waals surface area (Å²) in [4.78, 5) is 0. The van der Waals surface area contributed by atoms with Crippen molar-refractivity contribution in [2.75, 3.05) is 21.0 Å². The fourth-order valence-electron chi connectivity index (χ4n) is 1.67. The van der Waals surface area contributed by atoms with Gasteiger partial charge in [-0.05, 0) is 17.0 Å². The van der Waals surface area contributed by atoms with Crippen LogP contribution in [0.3, 0.4) is 0 Å². The monoisotopic (exact) mass is 237 g/mol. The Morgan fingerprint density at radius 3 is 2.41 bits per heavy atom. The predicted octanol–water partition coefficient (Wildman–Crippen LogP) is 2.69. The van der Waals surface area contributed by atoms with Crippen LogP contribution < -0.4 is 10.1 Å². The molecule has 0 atom stereocenters. The molecule has 3 nitrogen and oxygen atoms in total. The summed E-state index contributed by atoms with van der Waals surface area (Å²) in [5, 5.41) is 3.20. The van der Waals surface area contributed by atoms with Gasteiger partial charge in [-0.25, -0.2) is 0 Å². The van der Waals surface area contributed by atoms with Gasteiger partial charge in [-0.15, -0.1) is 0 Å². The second kappa shape index (κ2) is 6.03. The highest BCUT2D eigenvalue weighted by Gasteiger charge is 2.15. The van der Waals surface area contributed by atoms with Crippen LogP contribution in [0.25, 0.3) is 0 Å². The number of rotatable bonds is 5. The SMILES string of the molecule is COCNCc1cc(C(C)(C)C)ccc1OC. The Morgan fingerprint density at radius 2 is 1.88 bits per heavy atom. The van der Waals surface area contributed by atoms with E-state index in [0.717, 1.165) is 17.9 Å². The molecule has 3 heteroatoms. The molecular formula is C14H23NO2. The lowest BCUT2D eigenvalue weighted by molar-refractivity contribution is 0.174. The zero-order chi connectivity index (χ0) is 12.9. The first-order valence-electron chi connectivity index (χ1n) is 5.86. The van der Waals surface area contributed by atoms with Crippen LogP contribution in [-0.4, -0.2) is 21.0 Å². The van der Waals surface area contributed by atoms with Gasteiger partial charge in [0.15, 0.2) is 0 Å². The molecule has 96 valence electrons. The molecule has 0 aliphatic carbocycles. The van der Waals surface area contributed by atoms with Crippen LogP contribution in [-0.2, 0) is 16.7 Å². The highest BCUT2D eigenvalue weighted by Crippen LogP contribution is 2.27. The van der Waals surface area contributed by atoms with Gasteiger partial charge >= 0.3 is 0 Å². The predicted molar refractivity (Wildman–Crippen MR) is 70.4 cm³/mol. The third-order valence-electron chi connectivity index (χ3n) is 2.71. The van der Waals surface area contributed by atoms with Crippen molar-refractivity contribution >= 4 is 0 Å². The second-order valence-electron chi connectivity index (χ2n) is 5.14. The molecule has 0 aliphatic rings. The highest BCUT2D eigenvalue weighted by atomic mass is 16.5. The molecule has 1 aromatic carbocycles. The summed E-state index contributed by atoms with van der Waals surface area (Å²) in [5.74, 6) is 0.918. The normalized spacial score (nSPS) is 11.6. The molecule has 0 bridgehead atoms. The summed E-state index contributed by atoms with van der Waals surface area (Å²) in [6, 6.07) is 6.35. The topological polar surface area (TPSA) is 30.5 Å². The molecule has 1 aromatic rings. The van der Waals surface area contributed by atoms with E-state index in [1.807, 2.05) is 6.07 Å². The minimum atomic E-state index is 0.155. The third kappa shape index (κ3) is 4.02. The van der Waals surface area contributed by atoms with E-state index in [0.29, 0.717) is 6.73 Å². The van der Waals surface area contributed by atoms with E-state index in [9.17, 15) is 0 Å². The average Bonchev–Trinajstić information content (AvgIpc) is 2.28. The van der Waals surface area contributed by atoms with Gasteiger partial charge in [0.2, 0.25) is 0 Å². The molecule has 0 saturated heterocycles.